The molecule has 0 bridgehead atoms. The first-order valence-corrected chi connectivity index (χ1v) is 5.68. The summed E-state index contributed by atoms with van der Waals surface area (Å²) in [5.41, 5.74) is 6.29. The maximum atomic E-state index is 11.9. The zero-order valence-electron chi connectivity index (χ0n) is 9.24. The van der Waals surface area contributed by atoms with Crippen LogP contribution in [-0.4, -0.2) is 23.4 Å². The molecule has 0 radical (unpaired) electrons. The van der Waals surface area contributed by atoms with Gasteiger partial charge in [-0.15, -0.1) is 0 Å². The molecule has 1 aliphatic rings. The van der Waals surface area contributed by atoms with E-state index >= 15 is 0 Å². The van der Waals surface area contributed by atoms with Gasteiger partial charge in [-0.05, 0) is 30.5 Å². The van der Waals surface area contributed by atoms with E-state index in [1.54, 1.807) is 11.9 Å². The lowest BCUT2D eigenvalue weighted by Gasteiger charge is -2.21. The minimum absolute atomic E-state index is 0.0208. The number of nitrogens with zero attached hydrogens (tertiary/aromatic N) is 1. The van der Waals surface area contributed by atoms with E-state index in [1.165, 1.54) is 0 Å². The Morgan fingerprint density at radius 2 is 2.25 bits per heavy atom. The van der Waals surface area contributed by atoms with Gasteiger partial charge in [0.15, 0.2) is 0 Å². The van der Waals surface area contributed by atoms with Crippen molar-refractivity contribution in [2.75, 3.05) is 7.05 Å². The Balaban J connectivity index is 2.02. The molecule has 2 N–H and O–H groups in total. The van der Waals surface area contributed by atoms with Gasteiger partial charge in [-0.2, -0.15) is 0 Å². The Morgan fingerprint density at radius 3 is 2.81 bits per heavy atom. The Hall–Kier alpha value is -1.06. The molecule has 1 saturated carbocycles. The van der Waals surface area contributed by atoms with Gasteiger partial charge in [-0.1, -0.05) is 23.7 Å². The topological polar surface area (TPSA) is 46.3 Å². The van der Waals surface area contributed by atoms with Crippen molar-refractivity contribution in [2.45, 2.75) is 24.9 Å². The molecule has 0 heterocycles. The number of likely N-dealkylation sites (N-methyl/N-ethyl adjacent to an activating group) is 1. The summed E-state index contributed by atoms with van der Waals surface area (Å²) in [5, 5.41) is 0.687. The van der Waals surface area contributed by atoms with Crippen LogP contribution >= 0.6 is 11.6 Å². The van der Waals surface area contributed by atoms with E-state index in [9.17, 15) is 4.79 Å². The highest BCUT2D eigenvalue weighted by Crippen LogP contribution is 2.34. The van der Waals surface area contributed by atoms with Gasteiger partial charge in [-0.25, -0.2) is 0 Å². The van der Waals surface area contributed by atoms with Crippen molar-refractivity contribution in [3.05, 3.63) is 34.9 Å². The van der Waals surface area contributed by atoms with Crippen molar-refractivity contribution < 1.29 is 4.79 Å². The van der Waals surface area contributed by atoms with Gasteiger partial charge in [0.05, 0.1) is 5.54 Å². The summed E-state index contributed by atoms with van der Waals surface area (Å²) >= 11 is 5.88. The molecular formula is C12H15ClN2O. The predicted octanol–water partition coefficient (Wildman–Crippen LogP) is 1.79. The summed E-state index contributed by atoms with van der Waals surface area (Å²) in [6.45, 7) is 0.554. The smallest absolute Gasteiger partial charge is 0.242 e. The van der Waals surface area contributed by atoms with Crippen molar-refractivity contribution in [3.63, 3.8) is 0 Å². The first-order chi connectivity index (χ1) is 7.51. The van der Waals surface area contributed by atoms with Gasteiger partial charge in [0.2, 0.25) is 5.91 Å². The zero-order chi connectivity index (χ0) is 11.8. The highest BCUT2D eigenvalue weighted by atomic mass is 35.5. The lowest BCUT2D eigenvalue weighted by molar-refractivity contribution is -0.132. The van der Waals surface area contributed by atoms with Crippen LogP contribution in [0.25, 0.3) is 0 Å². The highest BCUT2D eigenvalue weighted by molar-refractivity contribution is 6.30. The number of amides is 1. The number of carbonyl (C=O) groups is 1. The van der Waals surface area contributed by atoms with E-state index in [4.69, 9.17) is 17.3 Å². The van der Waals surface area contributed by atoms with Crippen LogP contribution in [0.5, 0.6) is 0 Å². The predicted molar refractivity (Wildman–Crippen MR) is 64.1 cm³/mol. The minimum Gasteiger partial charge on any atom is -0.340 e. The first-order valence-electron chi connectivity index (χ1n) is 5.30. The number of nitrogens with two attached hydrogens (primary N) is 1. The third-order valence-corrected chi connectivity index (χ3v) is 3.11. The van der Waals surface area contributed by atoms with Gasteiger partial charge in [-0.3, -0.25) is 4.79 Å². The molecule has 3 nitrogen and oxygen atoms in total. The second-order valence-corrected chi connectivity index (χ2v) is 4.88. The van der Waals surface area contributed by atoms with E-state index in [2.05, 4.69) is 0 Å². The van der Waals surface area contributed by atoms with E-state index in [-0.39, 0.29) is 5.91 Å². The molecule has 0 atom stereocenters. The summed E-state index contributed by atoms with van der Waals surface area (Å²) < 4.78 is 0. The van der Waals surface area contributed by atoms with Crippen molar-refractivity contribution in [1.82, 2.24) is 4.90 Å². The third kappa shape index (κ3) is 2.36. The molecule has 4 heteroatoms. The molecule has 0 saturated heterocycles. The molecule has 16 heavy (non-hydrogen) atoms. The van der Waals surface area contributed by atoms with Crippen LogP contribution in [0.3, 0.4) is 0 Å². The van der Waals surface area contributed by atoms with E-state index in [0.717, 1.165) is 18.4 Å². The second-order valence-electron chi connectivity index (χ2n) is 4.45. The largest absolute Gasteiger partial charge is 0.340 e. The maximum absolute atomic E-state index is 11.9. The first kappa shape index (κ1) is 11.4. The Bertz CT molecular complexity index is 415. The van der Waals surface area contributed by atoms with Gasteiger partial charge >= 0.3 is 0 Å². The van der Waals surface area contributed by atoms with Crippen LogP contribution in [0.4, 0.5) is 0 Å². The highest BCUT2D eigenvalue weighted by Gasteiger charge is 2.47. The van der Waals surface area contributed by atoms with Crippen molar-refractivity contribution in [2.24, 2.45) is 5.73 Å². The maximum Gasteiger partial charge on any atom is 0.242 e. The molecule has 1 aliphatic carbocycles. The van der Waals surface area contributed by atoms with Gasteiger partial charge in [0.25, 0.3) is 0 Å². The lowest BCUT2D eigenvalue weighted by atomic mass is 10.2. The van der Waals surface area contributed by atoms with Crippen LogP contribution in [0.2, 0.25) is 5.02 Å². The Labute approximate surface area is 100 Å². The van der Waals surface area contributed by atoms with Crippen LogP contribution in [0, 0.1) is 0 Å². The van der Waals surface area contributed by atoms with Gasteiger partial charge in [0.1, 0.15) is 0 Å². The standard InChI is InChI=1S/C12H15ClN2O/c1-15(11(16)12(14)5-6-12)8-9-3-2-4-10(13)7-9/h2-4,7H,5-6,8,14H2,1H3. The van der Waals surface area contributed by atoms with Gasteiger partial charge in [0, 0.05) is 18.6 Å². The number of hydrogen-bond donors (Lipinski definition) is 1. The Kier molecular flexibility index (Phi) is 2.91. The van der Waals surface area contributed by atoms with Crippen molar-refractivity contribution in [3.8, 4) is 0 Å². The lowest BCUT2D eigenvalue weighted by Crippen LogP contribution is -2.43. The molecule has 1 aromatic rings. The molecular weight excluding hydrogens is 224 g/mol. The van der Waals surface area contributed by atoms with E-state index < -0.39 is 5.54 Å². The van der Waals surface area contributed by atoms with Gasteiger partial charge < -0.3 is 10.6 Å². The SMILES string of the molecule is CN(Cc1cccc(Cl)c1)C(=O)C1(N)CC1. The second kappa shape index (κ2) is 4.07. The molecule has 2 rings (SSSR count). The Morgan fingerprint density at radius 1 is 1.56 bits per heavy atom. The van der Waals surface area contributed by atoms with Crippen LogP contribution < -0.4 is 5.73 Å². The number of carbonyl (C=O) groups excluding carboxylic acids is 1. The number of hydrogen-bond acceptors (Lipinski definition) is 2. The van der Waals surface area contributed by atoms with Crippen molar-refractivity contribution in [1.29, 1.82) is 0 Å². The number of rotatable bonds is 3. The normalized spacial score (nSPS) is 16.9. The number of benzene rings is 1. The quantitative estimate of drug-likeness (QED) is 0.873. The molecule has 0 aliphatic heterocycles. The third-order valence-electron chi connectivity index (χ3n) is 2.87. The summed E-state index contributed by atoms with van der Waals surface area (Å²) in [5.74, 6) is 0.0208. The minimum atomic E-state index is -0.590. The number of halogens is 1. The molecule has 1 fully saturated rings. The fraction of sp³-hybridized carbons (Fsp3) is 0.417. The molecule has 1 amide bonds. The molecule has 0 aromatic heterocycles. The fourth-order valence-electron chi connectivity index (χ4n) is 1.71. The molecule has 1 aromatic carbocycles. The van der Waals surface area contributed by atoms with Crippen LogP contribution in [0.1, 0.15) is 18.4 Å². The van der Waals surface area contributed by atoms with E-state index in [1.807, 2.05) is 24.3 Å². The summed E-state index contributed by atoms with van der Waals surface area (Å²) in [4.78, 5) is 13.5. The summed E-state index contributed by atoms with van der Waals surface area (Å²) in [6.07, 6.45) is 1.59. The molecule has 0 unspecified atom stereocenters. The van der Waals surface area contributed by atoms with E-state index in [0.29, 0.717) is 11.6 Å². The zero-order valence-corrected chi connectivity index (χ0v) is 10.00. The molecule has 86 valence electrons. The average Bonchev–Trinajstić information content (AvgIpc) is 2.96. The summed E-state index contributed by atoms with van der Waals surface area (Å²) in [7, 11) is 1.77. The van der Waals surface area contributed by atoms with Crippen LogP contribution in [-0.2, 0) is 11.3 Å². The van der Waals surface area contributed by atoms with Crippen molar-refractivity contribution >= 4 is 17.5 Å². The molecule has 0 spiro atoms. The van der Waals surface area contributed by atoms with Crippen LogP contribution in [0.15, 0.2) is 24.3 Å². The monoisotopic (exact) mass is 238 g/mol. The summed E-state index contributed by atoms with van der Waals surface area (Å²) in [6, 6.07) is 7.51. The fourth-order valence-corrected chi connectivity index (χ4v) is 1.92. The average molecular weight is 239 g/mol.